The molecule has 4 heteroatoms. The number of para-hydroxylation sites is 1. The molecule has 4 aromatic carbocycles. The Labute approximate surface area is 227 Å². The molecular formula is C34H29ClN2O. The lowest BCUT2D eigenvalue weighted by Crippen LogP contribution is -2.33. The van der Waals surface area contributed by atoms with Crippen molar-refractivity contribution in [2.24, 2.45) is 5.41 Å². The van der Waals surface area contributed by atoms with E-state index in [0.29, 0.717) is 13.0 Å². The van der Waals surface area contributed by atoms with Crippen molar-refractivity contribution in [1.29, 1.82) is 0 Å². The third kappa shape index (κ3) is 3.68. The van der Waals surface area contributed by atoms with E-state index in [1.807, 2.05) is 18.2 Å². The van der Waals surface area contributed by atoms with E-state index in [1.165, 1.54) is 21.9 Å². The molecule has 0 saturated carbocycles. The van der Waals surface area contributed by atoms with Gasteiger partial charge in [0.15, 0.2) is 5.78 Å². The number of fused-ring (bicyclic) bond motifs is 5. The third-order valence-corrected chi connectivity index (χ3v) is 8.54. The molecule has 188 valence electrons. The number of benzene rings is 4. The lowest BCUT2D eigenvalue weighted by atomic mass is 9.68. The van der Waals surface area contributed by atoms with Crippen molar-refractivity contribution in [3.05, 3.63) is 118 Å². The Balaban J connectivity index is 1.45. The van der Waals surface area contributed by atoms with E-state index < -0.39 is 0 Å². The number of nitrogens with zero attached hydrogens (tertiary/aromatic N) is 1. The van der Waals surface area contributed by atoms with Crippen molar-refractivity contribution in [2.75, 3.05) is 5.32 Å². The Hall–Kier alpha value is -3.82. The number of carbonyl (C=O) groups is 1. The highest BCUT2D eigenvalue weighted by Gasteiger charge is 2.41. The molecule has 0 fully saturated rings. The largest absolute Gasteiger partial charge is 0.373 e. The topological polar surface area (TPSA) is 34.0 Å². The van der Waals surface area contributed by atoms with E-state index >= 15 is 0 Å². The molecule has 38 heavy (non-hydrogen) atoms. The minimum atomic E-state index is -0.209. The van der Waals surface area contributed by atoms with E-state index in [4.69, 9.17) is 11.6 Å². The summed E-state index contributed by atoms with van der Waals surface area (Å²) in [7, 11) is 0. The van der Waals surface area contributed by atoms with Gasteiger partial charge in [-0.1, -0.05) is 92.2 Å². The molecule has 1 atom stereocenters. The van der Waals surface area contributed by atoms with Gasteiger partial charge in [0.05, 0.1) is 6.04 Å². The van der Waals surface area contributed by atoms with Crippen molar-refractivity contribution in [2.45, 2.75) is 39.3 Å². The van der Waals surface area contributed by atoms with Crippen molar-refractivity contribution in [3.63, 3.8) is 0 Å². The molecule has 0 spiro atoms. The first kappa shape index (κ1) is 23.3. The van der Waals surface area contributed by atoms with Crippen LogP contribution in [0.4, 0.5) is 5.69 Å². The predicted octanol–water partition coefficient (Wildman–Crippen LogP) is 8.81. The quantitative estimate of drug-likeness (QED) is 0.260. The number of hydrogen-bond acceptors (Lipinski definition) is 2. The first-order valence-electron chi connectivity index (χ1n) is 13.3. The molecule has 1 aromatic heterocycles. The lowest BCUT2D eigenvalue weighted by Gasteiger charge is -2.40. The maximum atomic E-state index is 13.9. The number of carbonyl (C=O) groups excluding carboxylic acids is 1. The molecule has 5 aromatic rings. The van der Waals surface area contributed by atoms with Crippen LogP contribution in [0.5, 0.6) is 0 Å². The zero-order valence-corrected chi connectivity index (χ0v) is 22.3. The fourth-order valence-corrected chi connectivity index (χ4v) is 6.71. The molecule has 7 rings (SSSR count). The Morgan fingerprint density at radius 1 is 0.895 bits per heavy atom. The average Bonchev–Trinajstić information content (AvgIpc) is 3.26. The minimum Gasteiger partial charge on any atom is -0.373 e. The molecule has 2 heterocycles. The van der Waals surface area contributed by atoms with E-state index in [2.05, 4.69) is 96.7 Å². The number of halogens is 1. The fraction of sp³-hybridized carbons (Fsp3) is 0.206. The molecule has 0 radical (unpaired) electrons. The van der Waals surface area contributed by atoms with Crippen molar-refractivity contribution >= 4 is 50.3 Å². The molecule has 0 amide bonds. The van der Waals surface area contributed by atoms with Crippen molar-refractivity contribution in [3.8, 4) is 0 Å². The second kappa shape index (κ2) is 8.61. The summed E-state index contributed by atoms with van der Waals surface area (Å²) >= 11 is 6.54. The highest BCUT2D eigenvalue weighted by atomic mass is 35.5. The van der Waals surface area contributed by atoms with Gasteiger partial charge in [0.2, 0.25) is 0 Å². The Kier molecular flexibility index (Phi) is 5.28. The second-order valence-electron chi connectivity index (χ2n) is 11.4. The van der Waals surface area contributed by atoms with E-state index in [1.54, 1.807) is 0 Å². The molecular weight excluding hydrogens is 488 g/mol. The summed E-state index contributed by atoms with van der Waals surface area (Å²) in [5.74, 6) is 0.246. The van der Waals surface area contributed by atoms with Gasteiger partial charge < -0.3 is 9.88 Å². The van der Waals surface area contributed by atoms with Gasteiger partial charge in [-0.2, -0.15) is 0 Å². The second-order valence-corrected chi connectivity index (χ2v) is 11.8. The van der Waals surface area contributed by atoms with Crippen LogP contribution in [0.3, 0.4) is 0 Å². The predicted molar refractivity (Wildman–Crippen MR) is 158 cm³/mol. The van der Waals surface area contributed by atoms with Crippen LogP contribution in [-0.4, -0.2) is 10.4 Å². The first-order chi connectivity index (χ1) is 18.4. The number of anilines is 1. The van der Waals surface area contributed by atoms with Gasteiger partial charge in [-0.05, 0) is 51.9 Å². The number of aromatic nitrogens is 1. The molecule has 1 aliphatic carbocycles. The summed E-state index contributed by atoms with van der Waals surface area (Å²) in [6, 6.07) is 29.1. The van der Waals surface area contributed by atoms with E-state index in [9.17, 15) is 4.79 Å². The SMILES string of the molecule is CC1(C)CC(=O)C2=C(C1)c1c(ccc3ccccc13)NC2c1cn(Cc2ccccc2Cl)c2ccccc12. The normalized spacial score (nSPS) is 18.4. The number of rotatable bonds is 3. The summed E-state index contributed by atoms with van der Waals surface area (Å²) in [5.41, 5.74) is 7.68. The number of ketones is 1. The zero-order valence-electron chi connectivity index (χ0n) is 21.6. The number of Topliss-reactive ketones (excluding diaryl/α,β-unsaturated/α-hetero) is 1. The van der Waals surface area contributed by atoms with E-state index in [0.717, 1.165) is 44.7 Å². The van der Waals surface area contributed by atoms with Crippen LogP contribution in [0.1, 0.15) is 49.4 Å². The van der Waals surface area contributed by atoms with Gasteiger partial charge in [0.1, 0.15) is 0 Å². The molecule has 2 aliphatic rings. The van der Waals surface area contributed by atoms with Gasteiger partial charge in [-0.15, -0.1) is 0 Å². The van der Waals surface area contributed by atoms with Gasteiger partial charge in [0, 0.05) is 57.5 Å². The van der Waals surface area contributed by atoms with Crippen LogP contribution in [0.15, 0.2) is 96.7 Å². The Bertz CT molecular complexity index is 1790. The maximum absolute atomic E-state index is 13.9. The average molecular weight is 517 g/mol. The Morgan fingerprint density at radius 3 is 2.47 bits per heavy atom. The smallest absolute Gasteiger partial charge is 0.162 e. The van der Waals surface area contributed by atoms with Crippen molar-refractivity contribution in [1.82, 2.24) is 4.57 Å². The van der Waals surface area contributed by atoms with Crippen LogP contribution in [0.2, 0.25) is 5.02 Å². The van der Waals surface area contributed by atoms with Gasteiger partial charge >= 0.3 is 0 Å². The molecule has 0 saturated heterocycles. The van der Waals surface area contributed by atoms with Crippen LogP contribution in [-0.2, 0) is 11.3 Å². The maximum Gasteiger partial charge on any atom is 0.162 e. The van der Waals surface area contributed by atoms with Crippen LogP contribution < -0.4 is 5.32 Å². The molecule has 0 bridgehead atoms. The lowest BCUT2D eigenvalue weighted by molar-refractivity contribution is -0.118. The standard InChI is InChI=1S/C34H29ClN2O/c1-34(2)17-25-31-23-11-5-3-9-21(23)15-16-28(31)36-33(32(25)30(38)18-34)26-20-37(29-14-8-6-12-24(26)29)19-22-10-4-7-13-27(22)35/h3-16,20,33,36H,17-19H2,1-2H3. The summed E-state index contributed by atoms with van der Waals surface area (Å²) in [5, 5.41) is 8.15. The molecule has 1 aliphatic heterocycles. The minimum absolute atomic E-state index is 0.0793. The number of hydrogen-bond donors (Lipinski definition) is 1. The van der Waals surface area contributed by atoms with Crippen LogP contribution in [0, 0.1) is 5.41 Å². The number of allylic oxidation sites excluding steroid dienone is 1. The van der Waals surface area contributed by atoms with E-state index in [-0.39, 0.29) is 17.2 Å². The zero-order chi connectivity index (χ0) is 26.0. The highest BCUT2D eigenvalue weighted by Crippen LogP contribution is 2.52. The van der Waals surface area contributed by atoms with Gasteiger partial charge in [0.25, 0.3) is 0 Å². The third-order valence-electron chi connectivity index (χ3n) is 8.17. The monoisotopic (exact) mass is 516 g/mol. The molecule has 1 N–H and O–H groups in total. The summed E-state index contributed by atoms with van der Waals surface area (Å²) in [6.07, 6.45) is 3.66. The summed E-state index contributed by atoms with van der Waals surface area (Å²) in [4.78, 5) is 13.9. The van der Waals surface area contributed by atoms with Gasteiger partial charge in [-0.25, -0.2) is 0 Å². The highest BCUT2D eigenvalue weighted by molar-refractivity contribution is 6.31. The van der Waals surface area contributed by atoms with Gasteiger partial charge in [-0.3, -0.25) is 4.79 Å². The Morgan fingerprint density at radius 2 is 1.63 bits per heavy atom. The molecule has 3 nitrogen and oxygen atoms in total. The van der Waals surface area contributed by atoms with Crippen LogP contribution >= 0.6 is 11.6 Å². The number of nitrogens with one attached hydrogen (secondary N) is 1. The first-order valence-corrected chi connectivity index (χ1v) is 13.6. The fourth-order valence-electron chi connectivity index (χ4n) is 6.52. The van der Waals surface area contributed by atoms with Crippen LogP contribution in [0.25, 0.3) is 27.2 Å². The van der Waals surface area contributed by atoms with Crippen molar-refractivity contribution < 1.29 is 4.79 Å². The molecule has 1 unspecified atom stereocenters. The summed E-state index contributed by atoms with van der Waals surface area (Å²) in [6.45, 7) is 5.10. The summed E-state index contributed by atoms with van der Waals surface area (Å²) < 4.78 is 2.26.